The van der Waals surface area contributed by atoms with Crippen molar-refractivity contribution in [1.29, 1.82) is 0 Å². The van der Waals surface area contributed by atoms with Gasteiger partial charge in [-0.2, -0.15) is 13.2 Å². The van der Waals surface area contributed by atoms with Crippen molar-refractivity contribution >= 4 is 28.2 Å². The van der Waals surface area contributed by atoms with Crippen molar-refractivity contribution in [3.05, 3.63) is 53.7 Å². The Morgan fingerprint density at radius 2 is 2.00 bits per heavy atom. The number of fused-ring (bicyclic) bond motifs is 1. The van der Waals surface area contributed by atoms with Crippen LogP contribution in [0.25, 0.3) is 10.9 Å². The molecule has 11 heteroatoms. The number of methoxy groups -OCH3 is 1. The third-order valence-corrected chi connectivity index (χ3v) is 6.93. The Morgan fingerprint density at radius 3 is 2.65 bits per heavy atom. The van der Waals surface area contributed by atoms with Crippen molar-refractivity contribution in [3.8, 4) is 17.6 Å². The van der Waals surface area contributed by atoms with E-state index < -0.39 is 36.9 Å². The molecule has 0 radical (unpaired) electrons. The highest BCUT2D eigenvalue weighted by Crippen LogP contribution is 2.32. The van der Waals surface area contributed by atoms with Crippen LogP contribution in [0.2, 0.25) is 0 Å². The second kappa shape index (κ2) is 12.1. The number of aromatic carboxylic acids is 1. The van der Waals surface area contributed by atoms with Gasteiger partial charge in [-0.25, -0.2) is 9.18 Å². The fraction of sp³-hybridized carbons (Fsp3) is 0.414. The summed E-state index contributed by atoms with van der Waals surface area (Å²) in [6.45, 7) is 1.65. The van der Waals surface area contributed by atoms with Crippen molar-refractivity contribution in [2.24, 2.45) is 0 Å². The number of hydrogen-bond acceptors (Lipinski definition) is 5. The van der Waals surface area contributed by atoms with Crippen LogP contribution < -0.4 is 15.4 Å². The van der Waals surface area contributed by atoms with Crippen LogP contribution in [-0.2, 0) is 6.54 Å². The largest absolute Gasteiger partial charge is 0.495 e. The number of benzene rings is 2. The molecule has 1 aliphatic heterocycles. The van der Waals surface area contributed by atoms with E-state index in [1.807, 2.05) is 18.9 Å². The van der Waals surface area contributed by atoms with Gasteiger partial charge in [-0.1, -0.05) is 18.9 Å². The van der Waals surface area contributed by atoms with Crippen LogP contribution in [0.1, 0.15) is 35.8 Å². The first-order valence-electron chi connectivity index (χ1n) is 13.0. The first kappa shape index (κ1) is 29.1. The zero-order valence-corrected chi connectivity index (χ0v) is 22.5. The van der Waals surface area contributed by atoms with E-state index in [2.05, 4.69) is 22.5 Å². The number of carboxylic acid groups (broad SMARTS) is 1. The molecule has 214 valence electrons. The highest BCUT2D eigenvalue weighted by molar-refractivity contribution is 5.94. The molecule has 0 saturated carbocycles. The molecule has 1 saturated heterocycles. The van der Waals surface area contributed by atoms with Crippen LogP contribution in [0.5, 0.6) is 5.75 Å². The van der Waals surface area contributed by atoms with Crippen LogP contribution in [-0.4, -0.2) is 72.2 Å². The van der Waals surface area contributed by atoms with E-state index in [1.165, 1.54) is 19.2 Å². The quantitative estimate of drug-likeness (QED) is 0.246. The number of piperidine rings is 1. The number of rotatable bonds is 8. The lowest BCUT2D eigenvalue weighted by Crippen LogP contribution is -2.46. The summed E-state index contributed by atoms with van der Waals surface area (Å²) in [6, 6.07) is 10.1. The van der Waals surface area contributed by atoms with Crippen molar-refractivity contribution in [2.75, 3.05) is 37.9 Å². The second-order valence-corrected chi connectivity index (χ2v) is 9.88. The second-order valence-electron chi connectivity index (χ2n) is 9.88. The summed E-state index contributed by atoms with van der Waals surface area (Å²) in [5.41, 5.74) is 1.65. The fourth-order valence-electron chi connectivity index (χ4n) is 4.81. The summed E-state index contributed by atoms with van der Waals surface area (Å²) in [5, 5.41) is 16.2. The van der Waals surface area contributed by atoms with E-state index >= 15 is 0 Å². The lowest BCUT2D eigenvalue weighted by molar-refractivity contribution is -0.140. The molecule has 4 rings (SSSR count). The summed E-state index contributed by atoms with van der Waals surface area (Å²) >= 11 is 0. The number of likely N-dealkylation sites (tertiary alicyclic amines) is 1. The van der Waals surface area contributed by atoms with Gasteiger partial charge in [0.2, 0.25) is 0 Å². The van der Waals surface area contributed by atoms with Crippen molar-refractivity contribution in [2.45, 2.75) is 50.7 Å². The Hall–Kier alpha value is -3.91. The zero-order valence-electron chi connectivity index (χ0n) is 22.5. The Kier molecular flexibility index (Phi) is 8.79. The molecule has 3 aromatic rings. The maximum atomic E-state index is 14.7. The van der Waals surface area contributed by atoms with Gasteiger partial charge in [-0.05, 0) is 62.2 Å². The van der Waals surface area contributed by atoms with Gasteiger partial charge in [-0.15, -0.1) is 0 Å². The zero-order chi connectivity index (χ0) is 29.0. The van der Waals surface area contributed by atoms with Crippen molar-refractivity contribution in [3.63, 3.8) is 0 Å². The molecule has 3 unspecified atom stereocenters. The molecule has 0 aliphatic carbocycles. The summed E-state index contributed by atoms with van der Waals surface area (Å²) in [7, 11) is 3.27. The number of halogens is 4. The third-order valence-electron chi connectivity index (χ3n) is 6.93. The Bertz CT molecular complexity index is 1430. The van der Waals surface area contributed by atoms with Crippen LogP contribution in [0.15, 0.2) is 42.5 Å². The maximum absolute atomic E-state index is 14.7. The molecule has 40 heavy (non-hydrogen) atoms. The number of nitrogens with zero attached hydrogens (tertiary/aromatic N) is 2. The van der Waals surface area contributed by atoms with Gasteiger partial charge < -0.3 is 29.9 Å². The first-order valence-corrected chi connectivity index (χ1v) is 13.0. The number of carboxylic acids is 1. The van der Waals surface area contributed by atoms with E-state index in [9.17, 15) is 27.5 Å². The van der Waals surface area contributed by atoms with Gasteiger partial charge in [0, 0.05) is 24.2 Å². The SMILES string of the molecule is CCC(C#Cc1cc2c(NC3CCN(C)CC3F)cccc2n1CC(F)(F)F)Nc1ccc(C(=O)O)cc1OC. The molecule has 1 aliphatic rings. The molecule has 0 amide bonds. The third kappa shape index (κ3) is 6.80. The molecule has 0 spiro atoms. The number of alkyl halides is 4. The fourth-order valence-corrected chi connectivity index (χ4v) is 4.81. The topological polar surface area (TPSA) is 78.8 Å². The predicted octanol–water partition coefficient (Wildman–Crippen LogP) is 5.61. The van der Waals surface area contributed by atoms with Gasteiger partial charge in [0.05, 0.1) is 41.7 Å². The van der Waals surface area contributed by atoms with Gasteiger partial charge in [-0.3, -0.25) is 0 Å². The maximum Gasteiger partial charge on any atom is 0.406 e. The van der Waals surface area contributed by atoms with E-state index in [0.717, 1.165) is 11.1 Å². The lowest BCUT2D eigenvalue weighted by Gasteiger charge is -2.33. The average Bonchev–Trinajstić information content (AvgIpc) is 3.24. The predicted molar refractivity (Wildman–Crippen MR) is 147 cm³/mol. The highest BCUT2D eigenvalue weighted by Gasteiger charge is 2.31. The Labute approximate surface area is 230 Å². The van der Waals surface area contributed by atoms with Crippen LogP contribution in [0.3, 0.4) is 0 Å². The van der Waals surface area contributed by atoms with Crippen LogP contribution in [0, 0.1) is 11.8 Å². The molecule has 7 nitrogen and oxygen atoms in total. The summed E-state index contributed by atoms with van der Waals surface area (Å²) in [5.74, 6) is 5.14. The van der Waals surface area contributed by atoms with E-state index in [1.54, 1.807) is 30.3 Å². The molecule has 2 heterocycles. The molecule has 3 N–H and O–H groups in total. The summed E-state index contributed by atoms with van der Waals surface area (Å²) < 4.78 is 62.0. The minimum Gasteiger partial charge on any atom is -0.495 e. The van der Waals surface area contributed by atoms with Gasteiger partial charge in [0.25, 0.3) is 0 Å². The van der Waals surface area contributed by atoms with E-state index in [0.29, 0.717) is 40.9 Å². The minimum absolute atomic E-state index is 0.0574. The molecular formula is C29H32F4N4O3. The Morgan fingerprint density at radius 1 is 1.23 bits per heavy atom. The number of ether oxygens (including phenoxy) is 1. The van der Waals surface area contributed by atoms with Crippen molar-refractivity contribution in [1.82, 2.24) is 9.47 Å². The number of anilines is 2. The van der Waals surface area contributed by atoms with E-state index in [-0.39, 0.29) is 17.8 Å². The highest BCUT2D eigenvalue weighted by atomic mass is 19.4. The molecule has 2 aromatic carbocycles. The van der Waals surface area contributed by atoms with E-state index in [4.69, 9.17) is 4.74 Å². The number of hydrogen-bond donors (Lipinski definition) is 3. The normalized spacial score (nSPS) is 18.6. The molecule has 0 bridgehead atoms. The van der Waals surface area contributed by atoms with Crippen LogP contribution >= 0.6 is 0 Å². The Balaban J connectivity index is 1.67. The molecular weight excluding hydrogens is 528 g/mol. The van der Waals surface area contributed by atoms with Gasteiger partial charge in [0.15, 0.2) is 0 Å². The van der Waals surface area contributed by atoms with Crippen LogP contribution in [0.4, 0.5) is 28.9 Å². The summed E-state index contributed by atoms with van der Waals surface area (Å²) in [4.78, 5) is 13.2. The number of aromatic nitrogens is 1. The molecule has 3 atom stereocenters. The smallest absolute Gasteiger partial charge is 0.406 e. The van der Waals surface area contributed by atoms with Gasteiger partial charge >= 0.3 is 12.1 Å². The summed E-state index contributed by atoms with van der Waals surface area (Å²) in [6.07, 6.45) is -4.50. The monoisotopic (exact) mass is 560 g/mol. The van der Waals surface area contributed by atoms with Crippen molar-refractivity contribution < 1.29 is 32.2 Å². The number of nitrogens with one attached hydrogen (secondary N) is 2. The standard InChI is InChI=1S/C29H32F4N4O3/c1-4-19(34-25-11-8-18(28(38)39)14-27(25)40-3)9-10-20-15-21-23(35-24-12-13-36(2)16-22(24)30)6-5-7-26(21)37(20)17-29(31,32)33/h5-8,11,14-15,19,22,24,34-35H,4,12-13,16-17H2,1-3H3,(H,38,39). The molecule has 1 fully saturated rings. The minimum atomic E-state index is -4.48. The first-order chi connectivity index (χ1) is 19.0. The molecule has 1 aromatic heterocycles. The van der Waals surface area contributed by atoms with Gasteiger partial charge in [0.1, 0.15) is 18.5 Å². The lowest BCUT2D eigenvalue weighted by atomic mass is 10.0. The number of carbonyl (C=O) groups is 1. The average molecular weight is 561 g/mol.